The molecule has 0 saturated carbocycles. The van der Waals surface area contributed by atoms with Gasteiger partial charge in [0.25, 0.3) is 5.91 Å². The Kier molecular flexibility index (Phi) is 6.59. The molecule has 0 fully saturated rings. The second-order valence-electron chi connectivity index (χ2n) is 5.62. The van der Waals surface area contributed by atoms with E-state index in [0.717, 1.165) is 4.90 Å². The van der Waals surface area contributed by atoms with Crippen molar-refractivity contribution in [2.75, 3.05) is 25.6 Å². The summed E-state index contributed by atoms with van der Waals surface area (Å²) in [5.41, 5.74) is 5.12. The zero-order valence-electron chi connectivity index (χ0n) is 14.8. The zero-order valence-corrected chi connectivity index (χ0v) is 15.6. The summed E-state index contributed by atoms with van der Waals surface area (Å²) in [6.07, 6.45) is 0. The van der Waals surface area contributed by atoms with Gasteiger partial charge in [0.2, 0.25) is 5.91 Å². The molecule has 0 bridgehead atoms. The van der Waals surface area contributed by atoms with Gasteiger partial charge in [-0.1, -0.05) is 0 Å². The van der Waals surface area contributed by atoms with E-state index >= 15 is 0 Å². The number of ether oxygens (including phenoxy) is 3. The molecule has 1 aliphatic rings. The Morgan fingerprint density at radius 3 is 2.50 bits per heavy atom. The van der Waals surface area contributed by atoms with Gasteiger partial charge in [-0.05, 0) is 42.5 Å². The highest BCUT2D eigenvalue weighted by Gasteiger charge is 2.13. The highest BCUT2D eigenvalue weighted by atomic mass is 32.2. The van der Waals surface area contributed by atoms with E-state index in [4.69, 9.17) is 19.5 Å². The van der Waals surface area contributed by atoms with Crippen LogP contribution in [0.15, 0.2) is 47.4 Å². The minimum Gasteiger partial charge on any atom is -0.486 e. The molecular weight excluding hydrogens is 382 g/mol. The number of benzene rings is 2. The summed E-state index contributed by atoms with van der Waals surface area (Å²) in [5, 5.41) is 8.73. The van der Waals surface area contributed by atoms with Gasteiger partial charge in [-0.15, -0.1) is 11.8 Å². The van der Waals surface area contributed by atoms with Gasteiger partial charge in [-0.2, -0.15) is 5.26 Å². The summed E-state index contributed by atoms with van der Waals surface area (Å²) in [7, 11) is 0. The molecule has 0 saturated heterocycles. The molecule has 0 aromatic heterocycles. The van der Waals surface area contributed by atoms with E-state index in [1.54, 1.807) is 30.3 Å². The molecule has 9 heteroatoms. The van der Waals surface area contributed by atoms with Crippen molar-refractivity contribution in [2.45, 2.75) is 4.90 Å². The molecule has 2 aromatic carbocycles. The van der Waals surface area contributed by atoms with E-state index in [9.17, 15) is 9.59 Å². The average Bonchev–Trinajstić information content (AvgIpc) is 2.75. The number of nitrogens with zero attached hydrogens (tertiary/aromatic N) is 1. The van der Waals surface area contributed by atoms with Gasteiger partial charge in [-0.25, -0.2) is 0 Å². The van der Waals surface area contributed by atoms with Crippen molar-refractivity contribution < 1.29 is 23.8 Å². The number of carbonyl (C=O) groups excluding carboxylic acids is 2. The summed E-state index contributed by atoms with van der Waals surface area (Å²) in [4.78, 5) is 24.5. The third-order valence-electron chi connectivity index (χ3n) is 3.58. The van der Waals surface area contributed by atoms with E-state index in [1.807, 2.05) is 18.2 Å². The maximum Gasteiger partial charge on any atom is 0.276 e. The second-order valence-corrected chi connectivity index (χ2v) is 6.66. The molecule has 1 heterocycles. The number of carbonyl (C=O) groups is 2. The maximum absolute atomic E-state index is 11.9. The zero-order chi connectivity index (χ0) is 19.8. The van der Waals surface area contributed by atoms with Gasteiger partial charge in [0.05, 0.1) is 17.4 Å². The molecule has 3 rings (SSSR count). The van der Waals surface area contributed by atoms with Gasteiger partial charge in [-0.3, -0.25) is 20.4 Å². The van der Waals surface area contributed by atoms with Gasteiger partial charge in [0.1, 0.15) is 19.0 Å². The number of hydrogen-bond donors (Lipinski definition) is 2. The molecule has 0 atom stereocenters. The largest absolute Gasteiger partial charge is 0.486 e. The van der Waals surface area contributed by atoms with E-state index < -0.39 is 5.91 Å². The van der Waals surface area contributed by atoms with Crippen molar-refractivity contribution in [1.82, 2.24) is 10.9 Å². The smallest absolute Gasteiger partial charge is 0.276 e. The minimum atomic E-state index is -0.498. The Hall–Kier alpha value is -3.38. The molecule has 1 aliphatic heterocycles. The first kappa shape index (κ1) is 19.4. The predicted molar refractivity (Wildman–Crippen MR) is 101 cm³/mol. The highest BCUT2D eigenvalue weighted by Crippen LogP contribution is 2.34. The fourth-order valence-electron chi connectivity index (χ4n) is 2.25. The molecule has 28 heavy (non-hydrogen) atoms. The molecule has 144 valence electrons. The fourth-order valence-corrected chi connectivity index (χ4v) is 2.97. The van der Waals surface area contributed by atoms with Crippen LogP contribution in [0.5, 0.6) is 17.2 Å². The van der Waals surface area contributed by atoms with Crippen LogP contribution in [0, 0.1) is 11.3 Å². The Morgan fingerprint density at radius 2 is 1.75 bits per heavy atom. The van der Waals surface area contributed by atoms with Crippen LogP contribution in [0.1, 0.15) is 5.56 Å². The van der Waals surface area contributed by atoms with Crippen LogP contribution in [-0.4, -0.2) is 37.4 Å². The first-order valence-corrected chi connectivity index (χ1v) is 9.36. The van der Waals surface area contributed by atoms with Crippen molar-refractivity contribution >= 4 is 23.6 Å². The van der Waals surface area contributed by atoms with Crippen LogP contribution in [0.2, 0.25) is 0 Å². The molecule has 0 unspecified atom stereocenters. The first-order valence-electron chi connectivity index (χ1n) is 8.37. The van der Waals surface area contributed by atoms with Gasteiger partial charge >= 0.3 is 0 Å². The lowest BCUT2D eigenvalue weighted by molar-refractivity contribution is -0.128. The molecule has 0 aliphatic carbocycles. The number of hydrogen-bond acceptors (Lipinski definition) is 7. The molecule has 8 nitrogen and oxygen atoms in total. The Bertz CT molecular complexity index is 895. The molecule has 0 radical (unpaired) electrons. The molecule has 0 spiro atoms. The molecule has 2 amide bonds. The molecule has 2 N–H and O–H groups in total. The van der Waals surface area contributed by atoms with Gasteiger partial charge in [0.15, 0.2) is 18.1 Å². The quantitative estimate of drug-likeness (QED) is 0.561. The van der Waals surface area contributed by atoms with E-state index in [1.165, 1.54) is 11.8 Å². The lowest BCUT2D eigenvalue weighted by atomic mass is 10.2. The number of thioether (sulfide) groups is 1. The SMILES string of the molecule is N#Cc1ccc(OCC(=O)NNC(=O)CSc2ccc3c(c2)OCCO3)cc1. The lowest BCUT2D eigenvalue weighted by Gasteiger charge is -2.18. The van der Waals surface area contributed by atoms with Crippen molar-refractivity contribution in [1.29, 1.82) is 5.26 Å². The van der Waals surface area contributed by atoms with Crippen LogP contribution in [0.4, 0.5) is 0 Å². The van der Waals surface area contributed by atoms with E-state index in [0.29, 0.717) is 36.0 Å². The molecule has 2 aromatic rings. The van der Waals surface area contributed by atoms with Crippen LogP contribution in [0.3, 0.4) is 0 Å². The van der Waals surface area contributed by atoms with Crippen molar-refractivity contribution in [2.24, 2.45) is 0 Å². The highest BCUT2D eigenvalue weighted by molar-refractivity contribution is 8.00. The van der Waals surface area contributed by atoms with Crippen LogP contribution in [-0.2, 0) is 9.59 Å². The number of hydrazine groups is 1. The number of rotatable bonds is 6. The standard InChI is InChI=1S/C19H17N3O5S/c20-10-13-1-3-14(4-2-13)27-11-18(23)21-22-19(24)12-28-15-5-6-16-17(9-15)26-8-7-25-16/h1-6,9H,7-8,11-12H2,(H,21,23)(H,22,24). The third-order valence-corrected chi connectivity index (χ3v) is 4.57. The normalized spacial score (nSPS) is 11.8. The van der Waals surface area contributed by atoms with E-state index in [2.05, 4.69) is 10.9 Å². The van der Waals surface area contributed by atoms with Crippen LogP contribution in [0.25, 0.3) is 0 Å². The van der Waals surface area contributed by atoms with Crippen molar-refractivity contribution in [3.05, 3.63) is 48.0 Å². The van der Waals surface area contributed by atoms with Gasteiger partial charge in [0, 0.05) is 4.90 Å². The Balaban J connectivity index is 1.36. The Morgan fingerprint density at radius 1 is 1.04 bits per heavy atom. The van der Waals surface area contributed by atoms with Crippen LogP contribution < -0.4 is 25.1 Å². The number of fused-ring (bicyclic) bond motifs is 1. The predicted octanol–water partition coefficient (Wildman–Crippen LogP) is 1.65. The summed E-state index contributed by atoms with van der Waals surface area (Å²) in [6, 6.07) is 13.8. The Labute approximate surface area is 165 Å². The first-order chi connectivity index (χ1) is 13.6. The fraction of sp³-hybridized carbons (Fsp3) is 0.211. The summed E-state index contributed by atoms with van der Waals surface area (Å²) >= 11 is 1.31. The number of nitrogens with one attached hydrogen (secondary N) is 2. The third kappa shape index (κ3) is 5.56. The summed E-state index contributed by atoms with van der Waals surface area (Å²) in [6.45, 7) is 0.760. The molecular formula is C19H17N3O5S. The topological polar surface area (TPSA) is 110 Å². The number of nitriles is 1. The monoisotopic (exact) mass is 399 g/mol. The number of amides is 2. The average molecular weight is 399 g/mol. The van der Waals surface area contributed by atoms with E-state index in [-0.39, 0.29) is 18.3 Å². The minimum absolute atomic E-state index is 0.121. The van der Waals surface area contributed by atoms with Crippen molar-refractivity contribution in [3.63, 3.8) is 0 Å². The van der Waals surface area contributed by atoms with Gasteiger partial charge < -0.3 is 14.2 Å². The second kappa shape index (κ2) is 9.53. The van der Waals surface area contributed by atoms with Crippen LogP contribution >= 0.6 is 11.8 Å². The van der Waals surface area contributed by atoms with Crippen molar-refractivity contribution in [3.8, 4) is 23.3 Å². The summed E-state index contributed by atoms with van der Waals surface area (Å²) in [5.74, 6) is 1.07. The lowest BCUT2D eigenvalue weighted by Crippen LogP contribution is -2.44. The maximum atomic E-state index is 11.9. The summed E-state index contributed by atoms with van der Waals surface area (Å²) < 4.78 is 16.2.